The predicted octanol–water partition coefficient (Wildman–Crippen LogP) is 5.02. The highest BCUT2D eigenvalue weighted by Crippen LogP contribution is 2.37. The maximum absolute atomic E-state index is 12.7. The first kappa shape index (κ1) is 20.7. The van der Waals surface area contributed by atoms with Crippen molar-refractivity contribution in [3.8, 4) is 11.5 Å². The molecule has 0 aliphatic heterocycles. The minimum Gasteiger partial charge on any atom is -0.490 e. The highest BCUT2D eigenvalue weighted by Gasteiger charge is 2.17. The summed E-state index contributed by atoms with van der Waals surface area (Å²) in [5.41, 5.74) is 2.12. The number of anilines is 1. The molecule has 29 heavy (non-hydrogen) atoms. The summed E-state index contributed by atoms with van der Waals surface area (Å²) < 4.78 is 13.1. The lowest BCUT2D eigenvalue weighted by Crippen LogP contribution is -2.12. The molecule has 0 radical (unpaired) electrons. The van der Waals surface area contributed by atoms with Crippen LogP contribution in [0.2, 0.25) is 5.02 Å². The molecule has 0 atom stereocenters. The second kappa shape index (κ2) is 9.98. The van der Waals surface area contributed by atoms with E-state index in [9.17, 15) is 4.79 Å². The molecule has 0 bridgehead atoms. The molecule has 2 aromatic carbocycles. The van der Waals surface area contributed by atoms with Gasteiger partial charge in [-0.2, -0.15) is 5.10 Å². The zero-order valence-corrected chi connectivity index (χ0v) is 17.3. The fourth-order valence-electron chi connectivity index (χ4n) is 2.79. The number of amides is 1. The van der Waals surface area contributed by atoms with E-state index in [1.807, 2.05) is 44.2 Å². The molecule has 0 saturated heterocycles. The van der Waals surface area contributed by atoms with Gasteiger partial charge in [-0.3, -0.25) is 9.48 Å². The molecule has 7 heteroatoms. The summed E-state index contributed by atoms with van der Waals surface area (Å²) in [6.45, 7) is 5.46. The van der Waals surface area contributed by atoms with Gasteiger partial charge < -0.3 is 14.8 Å². The molecule has 0 fully saturated rings. The standard InChI is InChI=1S/C22H24ClN3O3/c1-3-10-29-21-19(23)11-17(12-20(21)28-4-2)22(27)25-18-13-24-26(15-18)14-16-8-6-5-7-9-16/h5-9,11-13,15H,3-4,10,14H2,1-2H3,(H,25,27). The predicted molar refractivity (Wildman–Crippen MR) is 114 cm³/mol. The van der Waals surface area contributed by atoms with Gasteiger partial charge in [0.2, 0.25) is 0 Å². The number of aromatic nitrogens is 2. The van der Waals surface area contributed by atoms with Crippen LogP contribution < -0.4 is 14.8 Å². The van der Waals surface area contributed by atoms with Crippen LogP contribution in [-0.2, 0) is 6.54 Å². The van der Waals surface area contributed by atoms with Crippen LogP contribution in [0.15, 0.2) is 54.9 Å². The number of hydrogen-bond donors (Lipinski definition) is 1. The van der Waals surface area contributed by atoms with E-state index in [0.717, 1.165) is 12.0 Å². The van der Waals surface area contributed by atoms with Crippen LogP contribution in [0.25, 0.3) is 0 Å². The number of carbonyl (C=O) groups excluding carboxylic acids is 1. The molecule has 0 saturated carbocycles. The molecule has 0 aliphatic rings. The van der Waals surface area contributed by atoms with Crippen molar-refractivity contribution in [1.82, 2.24) is 9.78 Å². The first-order valence-corrected chi connectivity index (χ1v) is 9.95. The van der Waals surface area contributed by atoms with Gasteiger partial charge in [-0.15, -0.1) is 0 Å². The summed E-state index contributed by atoms with van der Waals surface area (Å²) in [6.07, 6.45) is 4.25. The average molecular weight is 414 g/mol. The zero-order chi connectivity index (χ0) is 20.6. The van der Waals surface area contributed by atoms with E-state index < -0.39 is 0 Å². The monoisotopic (exact) mass is 413 g/mol. The Hall–Kier alpha value is -2.99. The lowest BCUT2D eigenvalue weighted by Gasteiger charge is -2.14. The fraction of sp³-hybridized carbons (Fsp3) is 0.273. The third-order valence-corrected chi connectivity index (χ3v) is 4.38. The van der Waals surface area contributed by atoms with Crippen molar-refractivity contribution in [2.24, 2.45) is 0 Å². The maximum Gasteiger partial charge on any atom is 0.255 e. The van der Waals surface area contributed by atoms with E-state index >= 15 is 0 Å². The summed E-state index contributed by atoms with van der Waals surface area (Å²) >= 11 is 6.35. The Morgan fingerprint density at radius 1 is 1.17 bits per heavy atom. The van der Waals surface area contributed by atoms with Crippen molar-refractivity contribution in [2.75, 3.05) is 18.5 Å². The molecule has 3 aromatic rings. The van der Waals surface area contributed by atoms with Crippen LogP contribution in [0.4, 0.5) is 5.69 Å². The first-order chi connectivity index (χ1) is 14.1. The van der Waals surface area contributed by atoms with Crippen LogP contribution in [0.1, 0.15) is 36.2 Å². The number of benzene rings is 2. The van der Waals surface area contributed by atoms with Gasteiger partial charge in [0.05, 0.1) is 36.7 Å². The molecule has 1 heterocycles. The Bertz CT molecular complexity index is 957. The van der Waals surface area contributed by atoms with Crippen LogP contribution in [0, 0.1) is 0 Å². The zero-order valence-electron chi connectivity index (χ0n) is 16.5. The molecule has 1 N–H and O–H groups in total. The number of ether oxygens (including phenoxy) is 2. The van der Waals surface area contributed by atoms with E-state index in [1.165, 1.54) is 0 Å². The number of nitrogens with one attached hydrogen (secondary N) is 1. The van der Waals surface area contributed by atoms with E-state index in [-0.39, 0.29) is 5.91 Å². The van der Waals surface area contributed by atoms with E-state index in [2.05, 4.69) is 10.4 Å². The van der Waals surface area contributed by atoms with Crippen molar-refractivity contribution in [3.63, 3.8) is 0 Å². The second-order valence-electron chi connectivity index (χ2n) is 6.43. The van der Waals surface area contributed by atoms with Crippen LogP contribution in [-0.4, -0.2) is 28.9 Å². The third kappa shape index (κ3) is 5.51. The summed E-state index contributed by atoms with van der Waals surface area (Å²) in [6, 6.07) is 13.2. The van der Waals surface area contributed by atoms with Gasteiger partial charge >= 0.3 is 0 Å². The van der Waals surface area contributed by atoms with Gasteiger partial charge in [-0.05, 0) is 31.0 Å². The molecule has 0 unspecified atom stereocenters. The molecular formula is C22H24ClN3O3. The molecular weight excluding hydrogens is 390 g/mol. The highest BCUT2D eigenvalue weighted by molar-refractivity contribution is 6.32. The minimum absolute atomic E-state index is 0.297. The van der Waals surface area contributed by atoms with Gasteiger partial charge in [0.1, 0.15) is 0 Å². The number of rotatable bonds is 9. The Morgan fingerprint density at radius 2 is 1.97 bits per heavy atom. The number of hydrogen-bond acceptors (Lipinski definition) is 4. The summed E-state index contributed by atoms with van der Waals surface area (Å²) in [7, 11) is 0. The van der Waals surface area contributed by atoms with Crippen molar-refractivity contribution in [1.29, 1.82) is 0 Å². The molecule has 3 rings (SSSR count). The molecule has 1 amide bonds. The maximum atomic E-state index is 12.7. The SMILES string of the molecule is CCCOc1c(Cl)cc(C(=O)Nc2cnn(Cc3ccccc3)c2)cc1OCC. The molecule has 6 nitrogen and oxygen atoms in total. The summed E-state index contributed by atoms with van der Waals surface area (Å²) in [5, 5.41) is 7.49. The van der Waals surface area contributed by atoms with Crippen LogP contribution >= 0.6 is 11.6 Å². The Kier molecular flexibility index (Phi) is 7.14. The number of nitrogens with zero attached hydrogens (tertiary/aromatic N) is 2. The van der Waals surface area contributed by atoms with E-state index in [4.69, 9.17) is 21.1 Å². The second-order valence-corrected chi connectivity index (χ2v) is 6.84. The largest absolute Gasteiger partial charge is 0.490 e. The Balaban J connectivity index is 1.73. The van der Waals surface area contributed by atoms with E-state index in [0.29, 0.717) is 47.5 Å². The lowest BCUT2D eigenvalue weighted by molar-refractivity contribution is 0.102. The fourth-order valence-corrected chi connectivity index (χ4v) is 3.06. The number of halogens is 1. The Morgan fingerprint density at radius 3 is 2.69 bits per heavy atom. The number of carbonyl (C=O) groups is 1. The van der Waals surface area contributed by atoms with Gasteiger partial charge in [-0.25, -0.2) is 0 Å². The van der Waals surface area contributed by atoms with Crippen LogP contribution in [0.5, 0.6) is 11.5 Å². The van der Waals surface area contributed by atoms with Crippen molar-refractivity contribution in [3.05, 3.63) is 71.0 Å². The lowest BCUT2D eigenvalue weighted by atomic mass is 10.2. The molecule has 0 spiro atoms. The van der Waals surface area contributed by atoms with Crippen molar-refractivity contribution in [2.45, 2.75) is 26.8 Å². The van der Waals surface area contributed by atoms with Crippen molar-refractivity contribution < 1.29 is 14.3 Å². The first-order valence-electron chi connectivity index (χ1n) is 9.57. The normalized spacial score (nSPS) is 10.6. The molecule has 0 aliphatic carbocycles. The summed E-state index contributed by atoms with van der Waals surface area (Å²) in [4.78, 5) is 12.7. The highest BCUT2D eigenvalue weighted by atomic mass is 35.5. The van der Waals surface area contributed by atoms with Gasteiger partial charge in [0.15, 0.2) is 11.5 Å². The topological polar surface area (TPSA) is 65.4 Å². The molecule has 1 aromatic heterocycles. The summed E-state index contributed by atoms with van der Waals surface area (Å²) in [5.74, 6) is 0.620. The Labute approximate surface area is 175 Å². The van der Waals surface area contributed by atoms with Gasteiger partial charge in [0, 0.05) is 11.8 Å². The minimum atomic E-state index is -0.297. The molecule has 152 valence electrons. The van der Waals surface area contributed by atoms with Gasteiger partial charge in [0.25, 0.3) is 5.91 Å². The van der Waals surface area contributed by atoms with Crippen molar-refractivity contribution >= 4 is 23.2 Å². The van der Waals surface area contributed by atoms with Gasteiger partial charge in [-0.1, -0.05) is 48.9 Å². The van der Waals surface area contributed by atoms with Crippen LogP contribution in [0.3, 0.4) is 0 Å². The average Bonchev–Trinajstić information content (AvgIpc) is 3.15. The quantitative estimate of drug-likeness (QED) is 0.534. The van der Waals surface area contributed by atoms with E-state index in [1.54, 1.807) is 29.2 Å². The third-order valence-electron chi connectivity index (χ3n) is 4.10. The smallest absolute Gasteiger partial charge is 0.255 e.